The van der Waals surface area contributed by atoms with E-state index in [-0.39, 0.29) is 12.4 Å². The highest BCUT2D eigenvalue weighted by molar-refractivity contribution is 5.85. The maximum absolute atomic E-state index is 10.9. The smallest absolute Gasteiger partial charge is 0.309 e. The van der Waals surface area contributed by atoms with Gasteiger partial charge in [-0.25, -0.2) is 0 Å². The maximum Gasteiger partial charge on any atom is 0.309 e. The second-order valence-corrected chi connectivity index (χ2v) is 3.93. The topological polar surface area (TPSA) is 49.3 Å². The molecule has 78 valence electrons. The SMILES string of the molecule is CNC1CCC(C)(C(=O)O)CC1.Cl. The summed E-state index contributed by atoms with van der Waals surface area (Å²) in [7, 11) is 1.94. The summed E-state index contributed by atoms with van der Waals surface area (Å²) in [5.74, 6) is -0.642. The van der Waals surface area contributed by atoms with Gasteiger partial charge in [-0.2, -0.15) is 0 Å². The molecule has 0 spiro atoms. The van der Waals surface area contributed by atoms with Crippen molar-refractivity contribution in [2.45, 2.75) is 38.6 Å². The van der Waals surface area contributed by atoms with E-state index in [0.29, 0.717) is 6.04 Å². The first-order valence-corrected chi connectivity index (χ1v) is 4.49. The van der Waals surface area contributed by atoms with Gasteiger partial charge >= 0.3 is 5.97 Å². The van der Waals surface area contributed by atoms with Gasteiger partial charge in [0.15, 0.2) is 0 Å². The van der Waals surface area contributed by atoms with Crippen LogP contribution in [0.3, 0.4) is 0 Å². The second kappa shape index (κ2) is 4.82. The Kier molecular flexibility index (Phi) is 4.71. The molecular weight excluding hydrogens is 190 g/mol. The summed E-state index contributed by atoms with van der Waals surface area (Å²) < 4.78 is 0. The Morgan fingerprint density at radius 3 is 2.23 bits per heavy atom. The lowest BCUT2D eigenvalue weighted by Crippen LogP contribution is -2.38. The molecule has 0 aliphatic heterocycles. The van der Waals surface area contributed by atoms with Crippen molar-refractivity contribution in [3.63, 3.8) is 0 Å². The van der Waals surface area contributed by atoms with Crippen molar-refractivity contribution in [3.8, 4) is 0 Å². The largest absolute Gasteiger partial charge is 0.481 e. The average molecular weight is 208 g/mol. The van der Waals surface area contributed by atoms with Crippen LogP contribution in [-0.2, 0) is 4.79 Å². The molecule has 3 nitrogen and oxygen atoms in total. The molecule has 0 bridgehead atoms. The van der Waals surface area contributed by atoms with E-state index in [0.717, 1.165) is 25.7 Å². The highest BCUT2D eigenvalue weighted by Gasteiger charge is 2.36. The van der Waals surface area contributed by atoms with Crippen molar-refractivity contribution >= 4 is 18.4 Å². The van der Waals surface area contributed by atoms with E-state index in [1.807, 2.05) is 14.0 Å². The van der Waals surface area contributed by atoms with E-state index < -0.39 is 11.4 Å². The predicted octanol–water partition coefficient (Wildman–Crippen LogP) is 1.66. The second-order valence-electron chi connectivity index (χ2n) is 3.93. The summed E-state index contributed by atoms with van der Waals surface area (Å²) in [6.45, 7) is 1.85. The van der Waals surface area contributed by atoms with Crippen LogP contribution in [-0.4, -0.2) is 24.2 Å². The van der Waals surface area contributed by atoms with Gasteiger partial charge in [0, 0.05) is 6.04 Å². The van der Waals surface area contributed by atoms with Crippen molar-refractivity contribution in [1.82, 2.24) is 5.32 Å². The Hall–Kier alpha value is -0.280. The lowest BCUT2D eigenvalue weighted by atomic mass is 9.74. The van der Waals surface area contributed by atoms with Gasteiger partial charge in [-0.05, 0) is 39.7 Å². The number of carboxylic acids is 1. The van der Waals surface area contributed by atoms with Crippen LogP contribution in [0.5, 0.6) is 0 Å². The van der Waals surface area contributed by atoms with E-state index >= 15 is 0 Å². The fourth-order valence-corrected chi connectivity index (χ4v) is 1.76. The molecule has 1 saturated carbocycles. The van der Waals surface area contributed by atoms with Gasteiger partial charge in [-0.3, -0.25) is 4.79 Å². The zero-order valence-electron chi connectivity index (χ0n) is 8.17. The van der Waals surface area contributed by atoms with Gasteiger partial charge in [0.1, 0.15) is 0 Å². The van der Waals surface area contributed by atoms with Gasteiger partial charge in [-0.15, -0.1) is 12.4 Å². The molecule has 0 radical (unpaired) electrons. The fourth-order valence-electron chi connectivity index (χ4n) is 1.76. The minimum absolute atomic E-state index is 0. The molecule has 13 heavy (non-hydrogen) atoms. The van der Waals surface area contributed by atoms with Gasteiger partial charge in [0.2, 0.25) is 0 Å². The number of nitrogens with one attached hydrogen (secondary N) is 1. The van der Waals surface area contributed by atoms with Crippen molar-refractivity contribution in [2.75, 3.05) is 7.05 Å². The zero-order chi connectivity index (χ0) is 9.19. The molecule has 1 aliphatic carbocycles. The number of hydrogen-bond acceptors (Lipinski definition) is 2. The van der Waals surface area contributed by atoms with Crippen LogP contribution in [0, 0.1) is 5.41 Å². The lowest BCUT2D eigenvalue weighted by Gasteiger charge is -2.33. The molecule has 0 aromatic rings. The van der Waals surface area contributed by atoms with E-state index in [1.165, 1.54) is 0 Å². The van der Waals surface area contributed by atoms with Gasteiger partial charge in [0.05, 0.1) is 5.41 Å². The number of carboxylic acid groups (broad SMARTS) is 1. The highest BCUT2D eigenvalue weighted by atomic mass is 35.5. The molecule has 1 fully saturated rings. The molecule has 0 atom stereocenters. The quantitative estimate of drug-likeness (QED) is 0.724. The number of aliphatic carboxylic acids is 1. The number of rotatable bonds is 2. The summed E-state index contributed by atoms with van der Waals surface area (Å²) in [6.07, 6.45) is 3.57. The van der Waals surface area contributed by atoms with Crippen molar-refractivity contribution in [2.24, 2.45) is 5.41 Å². The van der Waals surface area contributed by atoms with E-state index in [1.54, 1.807) is 0 Å². The first-order valence-electron chi connectivity index (χ1n) is 4.49. The molecule has 0 amide bonds. The third-order valence-electron chi connectivity index (χ3n) is 3.01. The Morgan fingerprint density at radius 2 is 1.92 bits per heavy atom. The van der Waals surface area contributed by atoms with Crippen LogP contribution in [0.15, 0.2) is 0 Å². The lowest BCUT2D eigenvalue weighted by molar-refractivity contribution is -0.150. The normalized spacial score (nSPS) is 33.5. The third kappa shape index (κ3) is 2.85. The maximum atomic E-state index is 10.9. The van der Waals surface area contributed by atoms with Crippen LogP contribution < -0.4 is 5.32 Å². The van der Waals surface area contributed by atoms with Gasteiger partial charge in [-0.1, -0.05) is 0 Å². The third-order valence-corrected chi connectivity index (χ3v) is 3.01. The molecular formula is C9H18ClNO2. The summed E-state index contributed by atoms with van der Waals surface area (Å²) in [5, 5.41) is 12.1. The molecule has 0 heterocycles. The van der Waals surface area contributed by atoms with Crippen LogP contribution in [0.2, 0.25) is 0 Å². The van der Waals surface area contributed by atoms with Crippen LogP contribution in [0.25, 0.3) is 0 Å². The van der Waals surface area contributed by atoms with Crippen molar-refractivity contribution < 1.29 is 9.90 Å². The molecule has 0 saturated heterocycles. The summed E-state index contributed by atoms with van der Waals surface area (Å²) in [5.41, 5.74) is -0.465. The molecule has 0 unspecified atom stereocenters. The fraction of sp³-hybridized carbons (Fsp3) is 0.889. The summed E-state index contributed by atoms with van der Waals surface area (Å²) in [4.78, 5) is 10.9. The summed E-state index contributed by atoms with van der Waals surface area (Å²) >= 11 is 0. The molecule has 2 N–H and O–H groups in total. The minimum Gasteiger partial charge on any atom is -0.481 e. The number of hydrogen-bond donors (Lipinski definition) is 2. The Balaban J connectivity index is 0.00000144. The van der Waals surface area contributed by atoms with Crippen molar-refractivity contribution in [1.29, 1.82) is 0 Å². The van der Waals surface area contributed by atoms with Crippen molar-refractivity contribution in [3.05, 3.63) is 0 Å². The predicted molar refractivity (Wildman–Crippen MR) is 54.3 cm³/mol. The molecule has 4 heteroatoms. The Labute approximate surface area is 85.3 Å². The number of halogens is 1. The number of carbonyl (C=O) groups is 1. The zero-order valence-corrected chi connectivity index (χ0v) is 8.99. The van der Waals surface area contributed by atoms with E-state index in [9.17, 15) is 4.79 Å². The average Bonchev–Trinajstić information content (AvgIpc) is 2.06. The Bertz CT molecular complexity index is 176. The molecule has 1 rings (SSSR count). The standard InChI is InChI=1S/C9H17NO2.ClH/c1-9(8(11)12)5-3-7(10-2)4-6-9;/h7,10H,3-6H2,1-2H3,(H,11,12);1H. The van der Waals surface area contributed by atoms with E-state index in [2.05, 4.69) is 5.32 Å². The Morgan fingerprint density at radius 1 is 1.46 bits per heavy atom. The first kappa shape index (κ1) is 12.7. The summed E-state index contributed by atoms with van der Waals surface area (Å²) in [6, 6.07) is 0.525. The monoisotopic (exact) mass is 207 g/mol. The first-order chi connectivity index (χ1) is 5.58. The minimum atomic E-state index is -0.642. The highest BCUT2D eigenvalue weighted by Crippen LogP contribution is 2.35. The van der Waals surface area contributed by atoms with Crippen LogP contribution in [0.1, 0.15) is 32.6 Å². The van der Waals surface area contributed by atoms with Gasteiger partial charge in [0.25, 0.3) is 0 Å². The van der Waals surface area contributed by atoms with E-state index in [4.69, 9.17) is 5.11 Å². The molecule has 0 aromatic carbocycles. The molecule has 0 aromatic heterocycles. The van der Waals surface area contributed by atoms with Crippen LogP contribution >= 0.6 is 12.4 Å². The molecule has 1 aliphatic rings. The van der Waals surface area contributed by atoms with Gasteiger partial charge < -0.3 is 10.4 Å². The van der Waals surface area contributed by atoms with Crippen LogP contribution in [0.4, 0.5) is 0 Å².